The Labute approximate surface area is 187 Å². The second-order valence-electron chi connectivity index (χ2n) is 7.54. The van der Waals surface area contributed by atoms with Crippen molar-refractivity contribution in [1.29, 1.82) is 5.26 Å². The van der Waals surface area contributed by atoms with Crippen molar-refractivity contribution in [3.63, 3.8) is 0 Å². The molecule has 1 aliphatic rings. The van der Waals surface area contributed by atoms with Crippen LogP contribution in [-0.4, -0.2) is 30.4 Å². The van der Waals surface area contributed by atoms with Crippen molar-refractivity contribution in [1.82, 2.24) is 10.2 Å². The molecule has 2 aromatic carbocycles. The van der Waals surface area contributed by atoms with Crippen LogP contribution in [0.15, 0.2) is 81.1 Å². The Morgan fingerprint density at radius 1 is 1.03 bits per heavy atom. The second-order valence-corrected chi connectivity index (χ2v) is 8.63. The fraction of sp³-hybridized carbons (Fsp3) is 0.280. The van der Waals surface area contributed by atoms with Gasteiger partial charge in [0.05, 0.1) is 23.4 Å². The first kappa shape index (κ1) is 21.2. The molecule has 1 aromatic heterocycles. The molecule has 1 aliphatic heterocycles. The van der Waals surface area contributed by atoms with E-state index in [1.165, 1.54) is 31.0 Å². The van der Waals surface area contributed by atoms with Crippen molar-refractivity contribution in [3.05, 3.63) is 83.8 Å². The van der Waals surface area contributed by atoms with Crippen LogP contribution < -0.4 is 5.32 Å². The third-order valence-corrected chi connectivity index (χ3v) is 6.67. The van der Waals surface area contributed by atoms with Crippen LogP contribution in [-0.2, 0) is 0 Å². The summed E-state index contributed by atoms with van der Waals surface area (Å²) in [5.74, 6) is 0.763. The fourth-order valence-corrected chi connectivity index (χ4v) is 4.94. The number of benzene rings is 2. The van der Waals surface area contributed by atoms with Gasteiger partial charge >= 0.3 is 0 Å². The van der Waals surface area contributed by atoms with Crippen molar-refractivity contribution in [2.24, 2.45) is 0 Å². The fourth-order valence-electron chi connectivity index (χ4n) is 3.91. The van der Waals surface area contributed by atoms with E-state index in [0.29, 0.717) is 17.7 Å². The number of piperidine rings is 1. The summed E-state index contributed by atoms with van der Waals surface area (Å²) in [7, 11) is 0. The molecule has 6 heteroatoms. The quantitative estimate of drug-likeness (QED) is 0.553. The second kappa shape index (κ2) is 10.3. The Hall–Kier alpha value is -3.01. The predicted octanol–water partition coefficient (Wildman–Crippen LogP) is 5.26. The summed E-state index contributed by atoms with van der Waals surface area (Å²) in [6.07, 6.45) is 5.28. The summed E-state index contributed by atoms with van der Waals surface area (Å²) in [6.45, 7) is 2.51. The van der Waals surface area contributed by atoms with E-state index in [4.69, 9.17) is 4.42 Å². The summed E-state index contributed by atoms with van der Waals surface area (Å²) in [6, 6.07) is 21.1. The SMILES string of the molecule is N#Cc1ccccc1Sc1ccccc1C(=O)NC[C@@H](c1ccco1)N1CCCCC1. The maximum Gasteiger partial charge on any atom is 0.252 e. The van der Waals surface area contributed by atoms with Crippen LogP contribution in [0.25, 0.3) is 0 Å². The van der Waals surface area contributed by atoms with Crippen LogP contribution in [0.2, 0.25) is 0 Å². The van der Waals surface area contributed by atoms with Gasteiger partial charge in [-0.15, -0.1) is 0 Å². The topological polar surface area (TPSA) is 69.3 Å². The molecule has 1 amide bonds. The molecule has 0 unspecified atom stereocenters. The molecule has 1 saturated heterocycles. The van der Waals surface area contributed by atoms with Gasteiger partial charge in [0.2, 0.25) is 0 Å². The first-order chi connectivity index (χ1) is 15.3. The van der Waals surface area contributed by atoms with Gasteiger partial charge in [0.1, 0.15) is 11.8 Å². The van der Waals surface area contributed by atoms with Gasteiger partial charge in [-0.3, -0.25) is 9.69 Å². The molecule has 5 nitrogen and oxygen atoms in total. The molecule has 0 radical (unpaired) electrons. The monoisotopic (exact) mass is 431 g/mol. The summed E-state index contributed by atoms with van der Waals surface area (Å²) in [5, 5.41) is 12.5. The standard InChI is InChI=1S/C25H25N3O2S/c26-17-19-9-2-4-12-23(19)31-24-13-5-3-10-20(24)25(29)27-18-21(22-11-8-16-30-22)28-14-6-1-7-15-28/h2-5,8-13,16,21H,1,6-7,14-15,18H2,(H,27,29)/t21-/m0/s1. The first-order valence-corrected chi connectivity index (χ1v) is 11.4. The number of rotatable bonds is 7. The molecule has 1 N–H and O–H groups in total. The number of hydrogen-bond acceptors (Lipinski definition) is 5. The van der Waals surface area contributed by atoms with Crippen molar-refractivity contribution in [3.8, 4) is 6.07 Å². The molecule has 0 saturated carbocycles. The van der Waals surface area contributed by atoms with E-state index in [9.17, 15) is 10.1 Å². The van der Waals surface area contributed by atoms with E-state index in [1.807, 2.05) is 54.6 Å². The van der Waals surface area contributed by atoms with Crippen LogP contribution in [0.1, 0.15) is 47.0 Å². The van der Waals surface area contributed by atoms with Crippen LogP contribution in [0, 0.1) is 11.3 Å². The van der Waals surface area contributed by atoms with Gasteiger partial charge in [0.25, 0.3) is 5.91 Å². The molecule has 0 aliphatic carbocycles. The lowest BCUT2D eigenvalue weighted by Crippen LogP contribution is -2.40. The minimum absolute atomic E-state index is 0.0263. The Balaban J connectivity index is 1.50. The third kappa shape index (κ3) is 5.19. The van der Waals surface area contributed by atoms with Gasteiger partial charge < -0.3 is 9.73 Å². The molecule has 4 rings (SSSR count). The summed E-state index contributed by atoms with van der Waals surface area (Å²) < 4.78 is 5.69. The normalized spacial score (nSPS) is 15.2. The highest BCUT2D eigenvalue weighted by Crippen LogP contribution is 2.32. The van der Waals surface area contributed by atoms with E-state index >= 15 is 0 Å². The Bertz CT molecular complexity index is 1050. The number of furan rings is 1. The lowest BCUT2D eigenvalue weighted by Gasteiger charge is -2.33. The van der Waals surface area contributed by atoms with Gasteiger partial charge in [-0.1, -0.05) is 42.4 Å². The lowest BCUT2D eigenvalue weighted by molar-refractivity contribution is 0.0911. The number of likely N-dealkylation sites (tertiary alicyclic amines) is 1. The molecule has 0 spiro atoms. The Kier molecular flexibility index (Phi) is 7.08. The van der Waals surface area contributed by atoms with Crippen molar-refractivity contribution in [2.75, 3.05) is 19.6 Å². The maximum absolute atomic E-state index is 13.1. The minimum Gasteiger partial charge on any atom is -0.468 e. The number of nitriles is 1. The molecule has 2 heterocycles. The van der Waals surface area contributed by atoms with E-state index in [1.54, 1.807) is 12.3 Å². The number of nitrogens with zero attached hydrogens (tertiary/aromatic N) is 2. The third-order valence-electron chi connectivity index (χ3n) is 5.52. The largest absolute Gasteiger partial charge is 0.468 e. The average molecular weight is 432 g/mol. The molecule has 3 aromatic rings. The number of nitrogens with one attached hydrogen (secondary N) is 1. The predicted molar refractivity (Wildman–Crippen MR) is 121 cm³/mol. The Morgan fingerprint density at radius 2 is 1.77 bits per heavy atom. The van der Waals surface area contributed by atoms with Crippen molar-refractivity contribution >= 4 is 17.7 Å². The van der Waals surface area contributed by atoms with Gasteiger partial charge in [0, 0.05) is 16.3 Å². The highest BCUT2D eigenvalue weighted by atomic mass is 32.2. The summed E-state index contributed by atoms with van der Waals surface area (Å²) in [4.78, 5) is 17.2. The van der Waals surface area contributed by atoms with Crippen LogP contribution >= 0.6 is 11.8 Å². The van der Waals surface area contributed by atoms with Crippen LogP contribution in [0.5, 0.6) is 0 Å². The molecule has 0 bridgehead atoms. The summed E-state index contributed by atoms with van der Waals surface area (Å²) in [5.41, 5.74) is 1.21. The van der Waals surface area contributed by atoms with Gasteiger partial charge in [-0.25, -0.2) is 0 Å². The zero-order valence-electron chi connectivity index (χ0n) is 17.3. The number of carbonyl (C=O) groups is 1. The van der Waals surface area contributed by atoms with E-state index < -0.39 is 0 Å². The molecular weight excluding hydrogens is 406 g/mol. The minimum atomic E-state index is -0.119. The van der Waals surface area contributed by atoms with E-state index in [0.717, 1.165) is 28.6 Å². The van der Waals surface area contributed by atoms with Gasteiger partial charge in [-0.2, -0.15) is 5.26 Å². The van der Waals surface area contributed by atoms with Crippen molar-refractivity contribution in [2.45, 2.75) is 35.1 Å². The highest BCUT2D eigenvalue weighted by Gasteiger charge is 2.25. The highest BCUT2D eigenvalue weighted by molar-refractivity contribution is 7.99. The molecular formula is C25H25N3O2S. The molecule has 1 fully saturated rings. The van der Waals surface area contributed by atoms with Gasteiger partial charge in [-0.05, 0) is 62.3 Å². The van der Waals surface area contributed by atoms with Crippen LogP contribution in [0.3, 0.4) is 0 Å². The number of amides is 1. The van der Waals surface area contributed by atoms with Crippen molar-refractivity contribution < 1.29 is 9.21 Å². The Morgan fingerprint density at radius 3 is 2.52 bits per heavy atom. The van der Waals surface area contributed by atoms with E-state index in [2.05, 4.69) is 16.3 Å². The maximum atomic E-state index is 13.1. The molecule has 31 heavy (non-hydrogen) atoms. The summed E-state index contributed by atoms with van der Waals surface area (Å²) >= 11 is 1.44. The zero-order valence-corrected chi connectivity index (χ0v) is 18.1. The lowest BCUT2D eigenvalue weighted by atomic mass is 10.1. The van der Waals surface area contributed by atoms with Gasteiger partial charge in [0.15, 0.2) is 0 Å². The van der Waals surface area contributed by atoms with E-state index in [-0.39, 0.29) is 11.9 Å². The average Bonchev–Trinajstić information content (AvgIpc) is 3.35. The number of hydrogen-bond donors (Lipinski definition) is 1. The molecule has 158 valence electrons. The van der Waals surface area contributed by atoms with Crippen LogP contribution in [0.4, 0.5) is 0 Å². The number of carbonyl (C=O) groups excluding carboxylic acids is 1. The smallest absolute Gasteiger partial charge is 0.252 e. The first-order valence-electron chi connectivity index (χ1n) is 10.6. The zero-order chi connectivity index (χ0) is 21.5. The molecule has 1 atom stereocenters.